The van der Waals surface area contributed by atoms with E-state index in [2.05, 4.69) is 15.3 Å². The Morgan fingerprint density at radius 2 is 2.06 bits per heavy atom. The predicted octanol–water partition coefficient (Wildman–Crippen LogP) is 3.20. The average Bonchev–Trinajstić information content (AvgIpc) is 2.35. The lowest BCUT2D eigenvalue weighted by molar-refractivity contribution is 0.580. The van der Waals surface area contributed by atoms with Gasteiger partial charge in [0.15, 0.2) is 5.82 Å². The molecule has 1 heterocycles. The summed E-state index contributed by atoms with van der Waals surface area (Å²) in [6.07, 6.45) is 1.19. The number of aromatic nitrogens is 2. The summed E-state index contributed by atoms with van der Waals surface area (Å²) in [4.78, 5) is 8.93. The molecule has 0 radical (unpaired) electrons. The monoisotopic (exact) mass is 249 g/mol. The Hall–Kier alpha value is -1.62. The van der Waals surface area contributed by atoms with Gasteiger partial charge in [0.05, 0.1) is 6.20 Å². The van der Waals surface area contributed by atoms with Crippen molar-refractivity contribution in [1.82, 2.24) is 9.97 Å². The van der Waals surface area contributed by atoms with Crippen LogP contribution in [0.2, 0.25) is 0 Å². The quantitative estimate of drug-likeness (QED) is 0.844. The van der Waals surface area contributed by atoms with Gasteiger partial charge in [-0.25, -0.2) is 14.4 Å². The van der Waals surface area contributed by atoms with E-state index in [-0.39, 0.29) is 0 Å². The van der Waals surface area contributed by atoms with Gasteiger partial charge in [-0.05, 0) is 19.1 Å². The van der Waals surface area contributed by atoms with E-state index in [0.29, 0.717) is 17.5 Å². The van der Waals surface area contributed by atoms with E-state index >= 15 is 0 Å². The molecule has 0 spiro atoms. The Bertz CT molecular complexity index is 490. The van der Waals surface area contributed by atoms with Crippen LogP contribution in [0.5, 0.6) is 0 Å². The predicted molar refractivity (Wildman–Crippen MR) is 66.7 cm³/mol. The minimum Gasteiger partial charge on any atom is -0.354 e. The SMILES string of the molecule is CCNc1ncc(F)c(Sc2ccccc2)n1. The van der Waals surface area contributed by atoms with Gasteiger partial charge < -0.3 is 5.32 Å². The van der Waals surface area contributed by atoms with Crippen molar-refractivity contribution in [2.45, 2.75) is 16.8 Å². The third kappa shape index (κ3) is 3.17. The maximum Gasteiger partial charge on any atom is 0.223 e. The highest BCUT2D eigenvalue weighted by atomic mass is 32.2. The van der Waals surface area contributed by atoms with Gasteiger partial charge in [0.1, 0.15) is 5.03 Å². The van der Waals surface area contributed by atoms with Gasteiger partial charge in [-0.3, -0.25) is 0 Å². The number of hydrogen-bond donors (Lipinski definition) is 1. The molecule has 0 amide bonds. The Labute approximate surface area is 103 Å². The Morgan fingerprint density at radius 1 is 1.29 bits per heavy atom. The molecule has 0 atom stereocenters. The van der Waals surface area contributed by atoms with Crippen LogP contribution in [0.3, 0.4) is 0 Å². The van der Waals surface area contributed by atoms with Crippen LogP contribution in [0.25, 0.3) is 0 Å². The Morgan fingerprint density at radius 3 is 2.76 bits per heavy atom. The van der Waals surface area contributed by atoms with Crippen molar-refractivity contribution in [2.75, 3.05) is 11.9 Å². The molecule has 0 aliphatic rings. The van der Waals surface area contributed by atoms with Gasteiger partial charge in [0.25, 0.3) is 0 Å². The number of benzene rings is 1. The molecule has 1 N–H and O–H groups in total. The third-order valence-electron chi connectivity index (χ3n) is 2.00. The van der Waals surface area contributed by atoms with Crippen molar-refractivity contribution in [1.29, 1.82) is 0 Å². The highest BCUT2D eigenvalue weighted by molar-refractivity contribution is 7.99. The van der Waals surface area contributed by atoms with E-state index in [4.69, 9.17) is 0 Å². The number of rotatable bonds is 4. The van der Waals surface area contributed by atoms with Gasteiger partial charge in [0.2, 0.25) is 5.95 Å². The largest absolute Gasteiger partial charge is 0.354 e. The maximum absolute atomic E-state index is 13.5. The first-order valence-corrected chi connectivity index (χ1v) is 6.10. The lowest BCUT2D eigenvalue weighted by Gasteiger charge is -2.05. The average molecular weight is 249 g/mol. The van der Waals surface area contributed by atoms with Crippen LogP contribution in [-0.2, 0) is 0 Å². The van der Waals surface area contributed by atoms with Crippen molar-refractivity contribution in [3.05, 3.63) is 42.3 Å². The number of nitrogens with one attached hydrogen (secondary N) is 1. The van der Waals surface area contributed by atoms with Crippen molar-refractivity contribution >= 4 is 17.7 Å². The lowest BCUT2D eigenvalue weighted by Crippen LogP contribution is -2.03. The molecule has 0 bridgehead atoms. The van der Waals surface area contributed by atoms with E-state index in [1.165, 1.54) is 18.0 Å². The van der Waals surface area contributed by atoms with Crippen LogP contribution in [0.15, 0.2) is 46.5 Å². The molecule has 0 unspecified atom stereocenters. The lowest BCUT2D eigenvalue weighted by atomic mass is 10.4. The van der Waals surface area contributed by atoms with E-state index in [1.807, 2.05) is 37.3 Å². The van der Waals surface area contributed by atoms with E-state index in [9.17, 15) is 4.39 Å². The summed E-state index contributed by atoms with van der Waals surface area (Å²) in [5, 5.41) is 3.29. The zero-order valence-electron chi connectivity index (χ0n) is 9.35. The second-order valence-electron chi connectivity index (χ2n) is 3.29. The normalized spacial score (nSPS) is 10.2. The van der Waals surface area contributed by atoms with Crippen molar-refractivity contribution in [2.24, 2.45) is 0 Å². The summed E-state index contributed by atoms with van der Waals surface area (Å²) in [6.45, 7) is 2.65. The molecule has 0 aliphatic carbocycles. The van der Waals surface area contributed by atoms with Gasteiger partial charge in [-0.1, -0.05) is 30.0 Å². The fourth-order valence-corrected chi connectivity index (χ4v) is 2.07. The smallest absolute Gasteiger partial charge is 0.223 e. The Kier molecular flexibility index (Phi) is 3.93. The number of halogens is 1. The molecule has 0 aliphatic heterocycles. The highest BCUT2D eigenvalue weighted by Gasteiger charge is 2.08. The molecule has 17 heavy (non-hydrogen) atoms. The molecule has 0 saturated carbocycles. The van der Waals surface area contributed by atoms with Gasteiger partial charge >= 0.3 is 0 Å². The molecular formula is C12H12FN3S. The number of hydrogen-bond acceptors (Lipinski definition) is 4. The summed E-state index contributed by atoms with van der Waals surface area (Å²) in [5.41, 5.74) is 0. The van der Waals surface area contributed by atoms with Crippen molar-refractivity contribution in [3.8, 4) is 0 Å². The summed E-state index contributed by atoms with van der Waals surface area (Å²) < 4.78 is 13.5. The second-order valence-corrected chi connectivity index (χ2v) is 4.35. The summed E-state index contributed by atoms with van der Waals surface area (Å²) in [5.74, 6) is 0.0489. The fourth-order valence-electron chi connectivity index (χ4n) is 1.27. The fraction of sp³-hybridized carbons (Fsp3) is 0.167. The van der Waals surface area contributed by atoms with E-state index in [0.717, 1.165) is 4.90 Å². The zero-order valence-corrected chi connectivity index (χ0v) is 10.2. The molecule has 5 heteroatoms. The van der Waals surface area contributed by atoms with Gasteiger partial charge in [0, 0.05) is 11.4 Å². The molecule has 0 fully saturated rings. The van der Waals surface area contributed by atoms with Gasteiger partial charge in [-0.15, -0.1) is 0 Å². The molecule has 2 rings (SSSR count). The van der Waals surface area contributed by atoms with Crippen LogP contribution in [0.4, 0.5) is 10.3 Å². The summed E-state index contributed by atoms with van der Waals surface area (Å²) in [7, 11) is 0. The minimum atomic E-state index is -0.402. The van der Waals surface area contributed by atoms with E-state index in [1.54, 1.807) is 0 Å². The zero-order chi connectivity index (χ0) is 12.1. The van der Waals surface area contributed by atoms with Crippen molar-refractivity contribution in [3.63, 3.8) is 0 Å². The molecule has 88 valence electrons. The van der Waals surface area contributed by atoms with Crippen LogP contribution < -0.4 is 5.32 Å². The van der Waals surface area contributed by atoms with Crippen LogP contribution >= 0.6 is 11.8 Å². The van der Waals surface area contributed by atoms with Crippen LogP contribution in [0, 0.1) is 5.82 Å². The van der Waals surface area contributed by atoms with Crippen LogP contribution in [0.1, 0.15) is 6.92 Å². The minimum absolute atomic E-state index is 0.335. The standard InChI is InChI=1S/C12H12FN3S/c1-2-14-12-15-8-10(13)11(16-12)17-9-6-4-3-5-7-9/h3-8H,2H2,1H3,(H,14,15,16). The van der Waals surface area contributed by atoms with E-state index < -0.39 is 5.82 Å². The second kappa shape index (κ2) is 5.63. The van der Waals surface area contributed by atoms with Crippen molar-refractivity contribution < 1.29 is 4.39 Å². The first-order chi connectivity index (χ1) is 8.29. The third-order valence-corrected chi connectivity index (χ3v) is 2.99. The molecule has 1 aromatic heterocycles. The maximum atomic E-state index is 13.5. The summed E-state index contributed by atoms with van der Waals surface area (Å²) >= 11 is 1.29. The molecule has 2 aromatic rings. The molecule has 0 saturated heterocycles. The van der Waals surface area contributed by atoms with Crippen LogP contribution in [-0.4, -0.2) is 16.5 Å². The van der Waals surface area contributed by atoms with Gasteiger partial charge in [-0.2, -0.15) is 0 Å². The molecular weight excluding hydrogens is 237 g/mol. The molecule has 1 aromatic carbocycles. The number of nitrogens with zero attached hydrogens (tertiary/aromatic N) is 2. The Balaban J connectivity index is 2.22. The topological polar surface area (TPSA) is 37.8 Å². The highest BCUT2D eigenvalue weighted by Crippen LogP contribution is 2.27. The first-order valence-electron chi connectivity index (χ1n) is 5.29. The first kappa shape index (κ1) is 11.9. The summed E-state index contributed by atoms with van der Waals surface area (Å²) in [6, 6.07) is 9.57. The number of anilines is 1. The molecule has 3 nitrogen and oxygen atoms in total.